The monoisotopic (exact) mass is 542 g/mol. The minimum Gasteiger partial charge on any atom is -0.744 e. The first-order valence-corrected chi connectivity index (χ1v) is 15.2. The van der Waals surface area contributed by atoms with Crippen molar-refractivity contribution in [3.63, 3.8) is 0 Å². The van der Waals surface area contributed by atoms with Crippen molar-refractivity contribution in [1.82, 2.24) is 0 Å². The van der Waals surface area contributed by atoms with Gasteiger partial charge >= 0.3 is 0 Å². The van der Waals surface area contributed by atoms with Gasteiger partial charge in [0.15, 0.2) is 0 Å². The largest absolute Gasteiger partial charge is 0.744 e. The van der Waals surface area contributed by atoms with Crippen molar-refractivity contribution < 1.29 is 34.9 Å². The van der Waals surface area contributed by atoms with Gasteiger partial charge < -0.3 is 18.1 Å². The van der Waals surface area contributed by atoms with E-state index in [1.54, 1.807) is 24.3 Å². The molecule has 3 rings (SSSR count). The second-order valence-corrected chi connectivity index (χ2v) is 12.1. The Hall–Kier alpha value is -1.82. The fraction of sp³-hybridized carbons (Fsp3) is 0.538. The first-order valence-electron chi connectivity index (χ1n) is 12.4. The molecule has 0 radical (unpaired) electrons. The van der Waals surface area contributed by atoms with Gasteiger partial charge in [-0.15, -0.1) is 0 Å². The van der Waals surface area contributed by atoms with Gasteiger partial charge in [-0.2, -0.15) is 0 Å². The van der Waals surface area contributed by atoms with Crippen molar-refractivity contribution in [3.05, 3.63) is 59.7 Å². The van der Waals surface area contributed by atoms with E-state index in [4.69, 9.17) is 0 Å². The maximum Gasteiger partial charge on any atom is 0.129 e. The Kier molecular flexibility index (Phi) is 12.2. The molecule has 1 aliphatic heterocycles. The number of piperazine rings is 1. The molecule has 10 heteroatoms. The Morgan fingerprint density at radius 1 is 0.556 bits per heavy atom. The molecular weight excluding hydrogens is 500 g/mol. The predicted octanol–water partition coefficient (Wildman–Crippen LogP) is 3.51. The van der Waals surface area contributed by atoms with Crippen LogP contribution in [0.1, 0.15) is 38.8 Å². The second-order valence-electron chi connectivity index (χ2n) is 9.38. The summed E-state index contributed by atoms with van der Waals surface area (Å²) < 4.78 is 65.1. The van der Waals surface area contributed by atoms with E-state index >= 15 is 0 Å². The summed E-state index contributed by atoms with van der Waals surface area (Å²) in [6.07, 6.45) is 0. The molecule has 0 aromatic heterocycles. The van der Waals surface area contributed by atoms with Crippen LogP contribution in [-0.4, -0.2) is 87.3 Å². The number of likely N-dealkylation sites (N-methyl/N-ethyl adjacent to an activating group) is 2. The number of hydrogen-bond acceptors (Lipinski definition) is 6. The molecule has 0 aliphatic carbocycles. The molecule has 0 unspecified atom stereocenters. The van der Waals surface area contributed by atoms with Gasteiger partial charge in [0.2, 0.25) is 0 Å². The number of hydrogen-bond donors (Lipinski definition) is 0. The molecule has 204 valence electrons. The Bertz CT molecular complexity index is 1030. The van der Waals surface area contributed by atoms with Gasteiger partial charge in [0, 0.05) is 0 Å². The summed E-state index contributed by atoms with van der Waals surface area (Å²) in [6, 6.07) is 11.6. The summed E-state index contributed by atoms with van der Waals surface area (Å²) in [6.45, 7) is 23.9. The molecule has 2 aromatic carbocycles. The predicted molar refractivity (Wildman–Crippen MR) is 140 cm³/mol. The van der Waals surface area contributed by atoms with Crippen molar-refractivity contribution in [1.29, 1.82) is 0 Å². The Labute approximate surface area is 218 Å². The topological polar surface area (TPSA) is 114 Å². The van der Waals surface area contributed by atoms with Gasteiger partial charge in [-0.3, -0.25) is 0 Å². The van der Waals surface area contributed by atoms with Crippen LogP contribution >= 0.6 is 0 Å². The van der Waals surface area contributed by atoms with E-state index in [1.165, 1.54) is 85.6 Å². The van der Waals surface area contributed by atoms with Crippen LogP contribution in [0, 0.1) is 13.8 Å². The highest BCUT2D eigenvalue weighted by molar-refractivity contribution is 7.86. The average molecular weight is 543 g/mol. The molecule has 0 saturated carbocycles. The van der Waals surface area contributed by atoms with Crippen molar-refractivity contribution >= 4 is 20.2 Å². The van der Waals surface area contributed by atoms with E-state index < -0.39 is 20.2 Å². The van der Waals surface area contributed by atoms with Crippen LogP contribution in [0.5, 0.6) is 0 Å². The molecular formula is C26H42N2O6S2. The summed E-state index contributed by atoms with van der Waals surface area (Å²) >= 11 is 0. The lowest BCUT2D eigenvalue weighted by Crippen LogP contribution is -2.66. The third-order valence-corrected chi connectivity index (χ3v) is 9.10. The van der Waals surface area contributed by atoms with E-state index in [0.717, 1.165) is 11.1 Å². The van der Waals surface area contributed by atoms with Gasteiger partial charge in [0.25, 0.3) is 0 Å². The summed E-state index contributed by atoms with van der Waals surface area (Å²) in [5.74, 6) is 0. The molecule has 8 nitrogen and oxygen atoms in total. The minimum absolute atomic E-state index is 0.178. The van der Waals surface area contributed by atoms with Crippen molar-refractivity contribution in [2.24, 2.45) is 0 Å². The molecule has 1 heterocycles. The normalized spacial score (nSPS) is 16.7. The van der Waals surface area contributed by atoms with Crippen LogP contribution in [-0.2, 0) is 20.2 Å². The van der Waals surface area contributed by atoms with Crippen LogP contribution in [0.25, 0.3) is 0 Å². The highest BCUT2D eigenvalue weighted by Gasteiger charge is 2.38. The minimum atomic E-state index is -4.27. The van der Waals surface area contributed by atoms with Crippen molar-refractivity contribution in [3.8, 4) is 0 Å². The lowest BCUT2D eigenvalue weighted by atomic mass is 10.2. The Balaban J connectivity index is 0.000000273. The zero-order valence-electron chi connectivity index (χ0n) is 22.4. The quantitative estimate of drug-likeness (QED) is 0.408. The number of benzene rings is 2. The lowest BCUT2D eigenvalue weighted by Gasteiger charge is -2.48. The van der Waals surface area contributed by atoms with Gasteiger partial charge in [0.1, 0.15) is 46.4 Å². The van der Waals surface area contributed by atoms with Crippen molar-refractivity contribution in [2.75, 3.05) is 52.4 Å². The maximum absolute atomic E-state index is 10.4. The fourth-order valence-electron chi connectivity index (χ4n) is 4.19. The summed E-state index contributed by atoms with van der Waals surface area (Å²) in [4.78, 5) is -0.355. The standard InChI is InChI=1S/C12H28N2.2C7H8O3S/c1-5-13(6-2)9-11-14(7-3,8-4)12-10-13;2*1-6-2-4-7(5-3-6)11(8,9)10/h5-12H2,1-4H3;2*2-5H,1H3,(H,8,9,10)/q+2;;/p-2. The van der Waals surface area contributed by atoms with E-state index in [1.807, 2.05) is 13.8 Å². The molecule has 36 heavy (non-hydrogen) atoms. The van der Waals surface area contributed by atoms with Crippen LogP contribution in [0.15, 0.2) is 58.3 Å². The third kappa shape index (κ3) is 9.91. The molecule has 0 atom stereocenters. The van der Waals surface area contributed by atoms with Crippen LogP contribution < -0.4 is 0 Å². The van der Waals surface area contributed by atoms with Gasteiger partial charge in [-0.25, -0.2) is 16.8 Å². The lowest BCUT2D eigenvalue weighted by molar-refractivity contribution is -1.03. The Morgan fingerprint density at radius 2 is 0.778 bits per heavy atom. The van der Waals surface area contributed by atoms with Crippen LogP contribution in [0.2, 0.25) is 0 Å². The third-order valence-electron chi connectivity index (χ3n) is 7.40. The molecule has 0 spiro atoms. The first-order chi connectivity index (χ1) is 16.7. The van der Waals surface area contributed by atoms with Crippen LogP contribution in [0.3, 0.4) is 0 Å². The van der Waals surface area contributed by atoms with Gasteiger partial charge in [0.05, 0.1) is 36.0 Å². The average Bonchev–Trinajstić information content (AvgIpc) is 2.84. The molecule has 1 aliphatic rings. The molecule has 0 N–H and O–H groups in total. The maximum atomic E-state index is 10.4. The number of nitrogens with zero attached hydrogens (tertiary/aromatic N) is 2. The van der Waals surface area contributed by atoms with Crippen LogP contribution in [0.4, 0.5) is 0 Å². The smallest absolute Gasteiger partial charge is 0.129 e. The fourth-order valence-corrected chi connectivity index (χ4v) is 5.13. The number of aryl methyl sites for hydroxylation is 2. The SMILES string of the molecule is CC[N+]1(CC)CC[N+](CC)(CC)CC1.Cc1ccc(S(=O)(=O)[O-])cc1.Cc1ccc(S(=O)(=O)[O-])cc1. The van der Waals surface area contributed by atoms with Gasteiger partial charge in [-0.05, 0) is 65.8 Å². The molecule has 1 fully saturated rings. The Morgan fingerprint density at radius 3 is 0.944 bits per heavy atom. The zero-order valence-corrected chi connectivity index (χ0v) is 24.1. The summed E-state index contributed by atoms with van der Waals surface area (Å²) in [5.41, 5.74) is 1.86. The molecule has 2 aromatic rings. The van der Waals surface area contributed by atoms with E-state index in [2.05, 4.69) is 27.7 Å². The number of quaternary nitrogens is 2. The summed E-state index contributed by atoms with van der Waals surface area (Å²) in [7, 11) is -8.54. The molecule has 1 saturated heterocycles. The highest BCUT2D eigenvalue weighted by atomic mass is 32.2. The number of rotatable bonds is 6. The highest BCUT2D eigenvalue weighted by Crippen LogP contribution is 2.18. The van der Waals surface area contributed by atoms with E-state index in [0.29, 0.717) is 0 Å². The van der Waals surface area contributed by atoms with Crippen molar-refractivity contribution in [2.45, 2.75) is 51.3 Å². The van der Waals surface area contributed by atoms with E-state index in [-0.39, 0.29) is 9.79 Å². The van der Waals surface area contributed by atoms with Gasteiger partial charge in [-0.1, -0.05) is 35.4 Å². The molecule has 0 amide bonds. The summed E-state index contributed by atoms with van der Waals surface area (Å²) in [5, 5.41) is 0. The first kappa shape index (κ1) is 32.2. The molecule has 0 bridgehead atoms. The van der Waals surface area contributed by atoms with E-state index in [9.17, 15) is 25.9 Å². The second kappa shape index (κ2) is 13.6. The zero-order chi connectivity index (χ0) is 27.6.